The van der Waals surface area contributed by atoms with Crippen molar-refractivity contribution in [1.29, 1.82) is 0 Å². The van der Waals surface area contributed by atoms with Crippen LogP contribution in [0.25, 0.3) is 0 Å². The molecule has 6 rings (SSSR count). The summed E-state index contributed by atoms with van der Waals surface area (Å²) < 4.78 is 11.3. The molecule has 2 aromatic carbocycles. The van der Waals surface area contributed by atoms with Crippen LogP contribution in [-0.2, 0) is 29.5 Å². The molecule has 4 unspecified atom stereocenters. The van der Waals surface area contributed by atoms with Gasteiger partial charge in [0.05, 0.1) is 5.92 Å². The van der Waals surface area contributed by atoms with Gasteiger partial charge in [-0.3, -0.25) is 9.59 Å². The van der Waals surface area contributed by atoms with Gasteiger partial charge in [0.25, 0.3) is 0 Å². The normalized spacial score (nSPS) is 30.9. The SMILES string of the molecule is C=C(C)C(=O)OC12c3ccccc3C(c3ccc(C)cc31)C1C(=O)OC(=O)C12C. The van der Waals surface area contributed by atoms with Crippen LogP contribution in [0.15, 0.2) is 54.6 Å². The average Bonchev–Trinajstić information content (AvgIpc) is 2.92. The number of carbonyl (C=O) groups is 3. The summed E-state index contributed by atoms with van der Waals surface area (Å²) in [5.41, 5.74) is 1.59. The van der Waals surface area contributed by atoms with Crippen LogP contribution in [0, 0.1) is 18.3 Å². The Kier molecular flexibility index (Phi) is 3.35. The van der Waals surface area contributed by atoms with E-state index >= 15 is 0 Å². The summed E-state index contributed by atoms with van der Waals surface area (Å²) >= 11 is 0. The lowest BCUT2D eigenvalue weighted by atomic mass is 9.46. The second-order valence-corrected chi connectivity index (χ2v) is 8.40. The molecule has 0 aromatic heterocycles. The number of hydrogen-bond acceptors (Lipinski definition) is 5. The molecule has 1 aliphatic heterocycles. The molecule has 2 aromatic rings. The van der Waals surface area contributed by atoms with Crippen molar-refractivity contribution in [2.75, 3.05) is 0 Å². The molecule has 2 bridgehead atoms. The van der Waals surface area contributed by atoms with Crippen LogP contribution in [-0.4, -0.2) is 17.9 Å². The lowest BCUT2D eigenvalue weighted by Crippen LogP contribution is -2.62. The third-order valence-electron chi connectivity index (χ3n) is 6.75. The van der Waals surface area contributed by atoms with Crippen molar-refractivity contribution in [1.82, 2.24) is 0 Å². The number of esters is 3. The molecule has 5 heteroatoms. The van der Waals surface area contributed by atoms with Gasteiger partial charge < -0.3 is 9.47 Å². The van der Waals surface area contributed by atoms with Crippen molar-refractivity contribution in [3.63, 3.8) is 0 Å². The van der Waals surface area contributed by atoms with Gasteiger partial charge in [-0.2, -0.15) is 0 Å². The van der Waals surface area contributed by atoms with Gasteiger partial charge in [-0.15, -0.1) is 0 Å². The summed E-state index contributed by atoms with van der Waals surface area (Å²) in [5.74, 6) is -2.94. The van der Waals surface area contributed by atoms with Gasteiger partial charge in [-0.1, -0.05) is 54.6 Å². The first-order valence-electron chi connectivity index (χ1n) is 9.59. The third-order valence-corrected chi connectivity index (χ3v) is 6.75. The number of carbonyl (C=O) groups excluding carboxylic acids is 3. The van der Waals surface area contributed by atoms with E-state index in [2.05, 4.69) is 6.58 Å². The van der Waals surface area contributed by atoms with Crippen LogP contribution >= 0.6 is 0 Å². The van der Waals surface area contributed by atoms with Gasteiger partial charge in [0, 0.05) is 22.6 Å². The van der Waals surface area contributed by atoms with Crippen LogP contribution in [0.2, 0.25) is 0 Å². The highest BCUT2D eigenvalue weighted by atomic mass is 16.6. The molecule has 29 heavy (non-hydrogen) atoms. The fourth-order valence-electron chi connectivity index (χ4n) is 5.46. The van der Waals surface area contributed by atoms with Crippen LogP contribution in [0.3, 0.4) is 0 Å². The molecule has 4 aliphatic rings. The topological polar surface area (TPSA) is 69.7 Å². The van der Waals surface area contributed by atoms with E-state index in [0.29, 0.717) is 0 Å². The molecule has 1 heterocycles. The smallest absolute Gasteiger partial charge is 0.334 e. The first kappa shape index (κ1) is 17.9. The summed E-state index contributed by atoms with van der Waals surface area (Å²) in [6, 6.07) is 13.4. The first-order valence-corrected chi connectivity index (χ1v) is 9.59. The number of hydrogen-bond donors (Lipinski definition) is 0. The van der Waals surface area contributed by atoms with Gasteiger partial charge in [-0.05, 0) is 31.9 Å². The number of benzene rings is 2. The zero-order chi connectivity index (χ0) is 20.7. The minimum atomic E-state index is -1.47. The van der Waals surface area contributed by atoms with Gasteiger partial charge in [0.1, 0.15) is 5.41 Å². The van der Waals surface area contributed by atoms with E-state index in [-0.39, 0.29) is 11.5 Å². The summed E-state index contributed by atoms with van der Waals surface area (Å²) in [4.78, 5) is 38.9. The van der Waals surface area contributed by atoms with Crippen LogP contribution in [0.4, 0.5) is 0 Å². The maximum absolute atomic E-state index is 13.1. The Balaban J connectivity index is 1.96. The maximum Gasteiger partial charge on any atom is 0.334 e. The van der Waals surface area contributed by atoms with E-state index < -0.39 is 34.8 Å². The van der Waals surface area contributed by atoms with Crippen molar-refractivity contribution >= 4 is 17.9 Å². The van der Waals surface area contributed by atoms with E-state index in [1.165, 1.54) is 0 Å². The molecule has 0 saturated carbocycles. The third kappa shape index (κ3) is 1.88. The van der Waals surface area contributed by atoms with Gasteiger partial charge in [0.2, 0.25) is 0 Å². The number of rotatable bonds is 2. The average molecular weight is 388 g/mol. The quantitative estimate of drug-likeness (QED) is 0.447. The lowest BCUT2D eigenvalue weighted by molar-refractivity contribution is -0.182. The van der Waals surface area contributed by atoms with Crippen molar-refractivity contribution in [2.45, 2.75) is 32.3 Å². The molecule has 3 aliphatic carbocycles. The molecule has 0 radical (unpaired) electrons. The molecule has 1 fully saturated rings. The fraction of sp³-hybridized carbons (Fsp3) is 0.292. The number of ether oxygens (including phenoxy) is 2. The van der Waals surface area contributed by atoms with Gasteiger partial charge in [-0.25, -0.2) is 4.79 Å². The zero-order valence-corrected chi connectivity index (χ0v) is 16.4. The number of cyclic esters (lactones) is 2. The van der Waals surface area contributed by atoms with Crippen LogP contribution in [0.1, 0.15) is 47.6 Å². The highest BCUT2D eigenvalue weighted by Crippen LogP contribution is 2.69. The Labute approximate surface area is 168 Å². The molecule has 1 saturated heterocycles. The van der Waals surface area contributed by atoms with E-state index in [0.717, 1.165) is 27.8 Å². The second kappa shape index (κ2) is 5.44. The van der Waals surface area contributed by atoms with Crippen molar-refractivity contribution < 1.29 is 23.9 Å². The Morgan fingerprint density at radius 2 is 1.79 bits per heavy atom. The van der Waals surface area contributed by atoms with Crippen LogP contribution < -0.4 is 0 Å². The molecule has 0 N–H and O–H groups in total. The minimum Gasteiger partial charge on any atom is -0.445 e. The predicted octanol–water partition coefficient (Wildman–Crippen LogP) is 3.52. The highest BCUT2D eigenvalue weighted by Gasteiger charge is 2.77. The second-order valence-electron chi connectivity index (χ2n) is 8.40. The van der Waals surface area contributed by atoms with E-state index in [1.54, 1.807) is 13.8 Å². The van der Waals surface area contributed by atoms with Gasteiger partial charge >= 0.3 is 17.9 Å². The number of aryl methyl sites for hydroxylation is 1. The lowest BCUT2D eigenvalue weighted by Gasteiger charge is -2.57. The summed E-state index contributed by atoms with van der Waals surface area (Å²) in [6.45, 7) is 8.91. The fourth-order valence-corrected chi connectivity index (χ4v) is 5.46. The first-order chi connectivity index (χ1) is 13.7. The summed E-state index contributed by atoms with van der Waals surface area (Å²) in [5, 5.41) is 0. The predicted molar refractivity (Wildman–Crippen MR) is 104 cm³/mol. The molecular weight excluding hydrogens is 368 g/mol. The molecule has 0 amide bonds. The van der Waals surface area contributed by atoms with Crippen LogP contribution in [0.5, 0.6) is 0 Å². The van der Waals surface area contributed by atoms with E-state index in [9.17, 15) is 14.4 Å². The molecule has 146 valence electrons. The molecule has 0 spiro atoms. The Bertz CT molecular complexity index is 1150. The maximum atomic E-state index is 13.1. The Morgan fingerprint density at radius 1 is 1.10 bits per heavy atom. The van der Waals surface area contributed by atoms with E-state index in [4.69, 9.17) is 9.47 Å². The largest absolute Gasteiger partial charge is 0.445 e. The monoisotopic (exact) mass is 388 g/mol. The van der Waals surface area contributed by atoms with Crippen molar-refractivity contribution in [2.24, 2.45) is 11.3 Å². The van der Waals surface area contributed by atoms with Crippen molar-refractivity contribution in [3.8, 4) is 0 Å². The highest BCUT2D eigenvalue weighted by molar-refractivity contribution is 6.03. The van der Waals surface area contributed by atoms with Gasteiger partial charge in [0.15, 0.2) is 5.60 Å². The standard InChI is InChI=1S/C24H20O5/c1-12(2)20(25)29-24-16-8-6-5-7-14(16)18(15-10-9-13(3)11-17(15)24)19-21(26)28-22(27)23(19,24)4/h5-11,18-19H,1H2,2-4H3. The molecule has 4 atom stereocenters. The zero-order valence-electron chi connectivity index (χ0n) is 16.4. The van der Waals surface area contributed by atoms with E-state index in [1.807, 2.05) is 49.4 Å². The van der Waals surface area contributed by atoms with Crippen molar-refractivity contribution in [3.05, 3.63) is 82.4 Å². The summed E-state index contributed by atoms with van der Waals surface area (Å²) in [7, 11) is 0. The Hall–Kier alpha value is -3.21. The molecular formula is C24H20O5. The Morgan fingerprint density at radius 3 is 2.52 bits per heavy atom. The minimum absolute atomic E-state index is 0.219. The summed E-state index contributed by atoms with van der Waals surface area (Å²) in [6.07, 6.45) is 0. The molecule has 5 nitrogen and oxygen atoms in total.